The Morgan fingerprint density at radius 2 is 1.82 bits per heavy atom. The van der Waals surface area contributed by atoms with Crippen LogP contribution in [0.3, 0.4) is 0 Å². The monoisotopic (exact) mass is 353 g/mol. The van der Waals surface area contributed by atoms with Gasteiger partial charge in [0.1, 0.15) is 0 Å². The first kappa shape index (κ1) is 17.0. The molecule has 3 N–H and O–H groups in total. The van der Waals surface area contributed by atoms with Gasteiger partial charge in [0, 0.05) is 13.1 Å². The van der Waals surface area contributed by atoms with Crippen LogP contribution in [0.15, 0.2) is 4.99 Å². The van der Waals surface area contributed by atoms with Crippen molar-refractivity contribution in [2.45, 2.75) is 58.8 Å². The summed E-state index contributed by atoms with van der Waals surface area (Å²) in [7, 11) is 0. The van der Waals surface area contributed by atoms with E-state index in [1.807, 2.05) is 0 Å². The van der Waals surface area contributed by atoms with Gasteiger partial charge in [-0.25, -0.2) is 0 Å². The molecular weight excluding hydrogens is 325 g/mol. The molecule has 0 bridgehead atoms. The van der Waals surface area contributed by atoms with E-state index in [2.05, 4.69) is 24.2 Å². The van der Waals surface area contributed by atoms with Crippen molar-refractivity contribution < 1.29 is 0 Å². The smallest absolute Gasteiger partial charge is 0.188 e. The zero-order valence-corrected chi connectivity index (χ0v) is 13.6. The highest BCUT2D eigenvalue weighted by Crippen LogP contribution is 2.34. The van der Waals surface area contributed by atoms with Crippen LogP contribution < -0.4 is 11.1 Å². The van der Waals surface area contributed by atoms with Crippen LogP contribution >= 0.6 is 24.0 Å². The fourth-order valence-corrected chi connectivity index (χ4v) is 2.33. The number of halogens is 1. The van der Waals surface area contributed by atoms with Crippen molar-refractivity contribution >= 4 is 29.9 Å². The zero-order chi connectivity index (χ0) is 11.9. The number of aliphatic imine (C=N–C) groups is 1. The van der Waals surface area contributed by atoms with Crippen molar-refractivity contribution in [2.75, 3.05) is 13.1 Å². The molecule has 1 aliphatic rings. The first-order valence-corrected chi connectivity index (χ1v) is 6.70. The summed E-state index contributed by atoms with van der Waals surface area (Å²) in [4.78, 5) is 4.48. The molecule has 0 saturated heterocycles. The van der Waals surface area contributed by atoms with Gasteiger partial charge in [0.15, 0.2) is 5.96 Å². The highest BCUT2D eigenvalue weighted by Gasteiger charge is 2.25. The Morgan fingerprint density at radius 3 is 2.35 bits per heavy atom. The van der Waals surface area contributed by atoms with E-state index < -0.39 is 0 Å². The van der Waals surface area contributed by atoms with Crippen LogP contribution in [0.5, 0.6) is 0 Å². The number of guanidine groups is 1. The molecule has 0 aromatic heterocycles. The molecular formula is C13H28IN3. The summed E-state index contributed by atoms with van der Waals surface area (Å²) in [6.45, 7) is 6.30. The summed E-state index contributed by atoms with van der Waals surface area (Å²) in [5.74, 6) is 0.618. The fraction of sp³-hybridized carbons (Fsp3) is 0.923. The molecule has 4 heteroatoms. The number of hydrogen-bond donors (Lipinski definition) is 2. The molecule has 0 aliphatic heterocycles. The number of hydrogen-bond acceptors (Lipinski definition) is 1. The van der Waals surface area contributed by atoms with Crippen molar-refractivity contribution in [3.63, 3.8) is 0 Å². The summed E-state index contributed by atoms with van der Waals surface area (Å²) in [5, 5.41) is 3.13. The summed E-state index contributed by atoms with van der Waals surface area (Å²) >= 11 is 0. The number of nitrogens with one attached hydrogen (secondary N) is 1. The lowest BCUT2D eigenvalue weighted by Crippen LogP contribution is -2.33. The van der Waals surface area contributed by atoms with Crippen LogP contribution in [-0.2, 0) is 0 Å². The van der Waals surface area contributed by atoms with E-state index in [0.717, 1.165) is 19.5 Å². The SMILES string of the molecule is CCCNC(N)=NCC1(C)CCCCCC1.I. The molecule has 0 aromatic rings. The van der Waals surface area contributed by atoms with E-state index in [-0.39, 0.29) is 24.0 Å². The van der Waals surface area contributed by atoms with Crippen molar-refractivity contribution in [3.8, 4) is 0 Å². The van der Waals surface area contributed by atoms with Gasteiger partial charge in [-0.15, -0.1) is 24.0 Å². The second-order valence-electron chi connectivity index (χ2n) is 5.35. The quantitative estimate of drug-likeness (QED) is 0.353. The van der Waals surface area contributed by atoms with Crippen LogP contribution in [0.2, 0.25) is 0 Å². The fourth-order valence-electron chi connectivity index (χ4n) is 2.33. The average molecular weight is 353 g/mol. The largest absolute Gasteiger partial charge is 0.370 e. The Labute approximate surface area is 123 Å². The lowest BCUT2D eigenvalue weighted by Gasteiger charge is -2.26. The second kappa shape index (κ2) is 9.00. The normalized spacial score (nSPS) is 20.2. The minimum absolute atomic E-state index is 0. The van der Waals surface area contributed by atoms with Gasteiger partial charge in [-0.05, 0) is 24.7 Å². The Bertz CT molecular complexity index is 221. The van der Waals surface area contributed by atoms with Crippen LogP contribution in [0, 0.1) is 5.41 Å². The van der Waals surface area contributed by atoms with Gasteiger partial charge in [0.2, 0.25) is 0 Å². The van der Waals surface area contributed by atoms with Crippen LogP contribution in [0.4, 0.5) is 0 Å². The predicted molar refractivity (Wildman–Crippen MR) is 86.0 cm³/mol. The van der Waals surface area contributed by atoms with Gasteiger partial charge >= 0.3 is 0 Å². The molecule has 1 rings (SSSR count). The predicted octanol–water partition coefficient (Wildman–Crippen LogP) is 3.28. The third-order valence-electron chi connectivity index (χ3n) is 3.50. The lowest BCUT2D eigenvalue weighted by atomic mass is 9.83. The first-order valence-electron chi connectivity index (χ1n) is 6.70. The summed E-state index contributed by atoms with van der Waals surface area (Å²) in [6, 6.07) is 0. The lowest BCUT2D eigenvalue weighted by molar-refractivity contribution is 0.290. The van der Waals surface area contributed by atoms with E-state index in [9.17, 15) is 0 Å². The number of nitrogens with zero attached hydrogens (tertiary/aromatic N) is 1. The Kier molecular flexibility index (Phi) is 9.00. The van der Waals surface area contributed by atoms with Crippen molar-refractivity contribution in [2.24, 2.45) is 16.1 Å². The molecule has 0 spiro atoms. The molecule has 0 atom stereocenters. The van der Waals surface area contributed by atoms with Crippen LogP contribution in [-0.4, -0.2) is 19.0 Å². The molecule has 1 aliphatic carbocycles. The second-order valence-corrected chi connectivity index (χ2v) is 5.35. The maximum Gasteiger partial charge on any atom is 0.188 e. The van der Waals surface area contributed by atoms with E-state index in [1.54, 1.807) is 0 Å². The van der Waals surface area contributed by atoms with E-state index in [0.29, 0.717) is 11.4 Å². The molecule has 0 aromatic carbocycles. The summed E-state index contributed by atoms with van der Waals surface area (Å²) < 4.78 is 0. The maximum atomic E-state index is 5.81. The van der Waals surface area contributed by atoms with E-state index >= 15 is 0 Å². The molecule has 0 heterocycles. The van der Waals surface area contributed by atoms with E-state index in [4.69, 9.17) is 5.73 Å². The number of rotatable bonds is 4. The van der Waals surface area contributed by atoms with E-state index in [1.165, 1.54) is 38.5 Å². The molecule has 0 amide bonds. The summed E-state index contributed by atoms with van der Waals surface area (Å²) in [6.07, 6.45) is 9.19. The molecule has 1 fully saturated rings. The van der Waals surface area contributed by atoms with Crippen molar-refractivity contribution in [1.82, 2.24) is 5.32 Å². The number of nitrogens with two attached hydrogens (primary N) is 1. The Hall–Kier alpha value is 0. The molecule has 102 valence electrons. The van der Waals surface area contributed by atoms with Gasteiger partial charge in [-0.2, -0.15) is 0 Å². The Balaban J connectivity index is 0.00000256. The van der Waals surface area contributed by atoms with Crippen molar-refractivity contribution in [3.05, 3.63) is 0 Å². The average Bonchev–Trinajstić information content (AvgIpc) is 2.49. The minimum Gasteiger partial charge on any atom is -0.370 e. The topological polar surface area (TPSA) is 50.4 Å². The van der Waals surface area contributed by atoms with Gasteiger partial charge < -0.3 is 11.1 Å². The highest BCUT2D eigenvalue weighted by atomic mass is 127. The first-order chi connectivity index (χ1) is 7.66. The van der Waals surface area contributed by atoms with Crippen LogP contribution in [0.1, 0.15) is 58.8 Å². The molecule has 0 radical (unpaired) electrons. The third kappa shape index (κ3) is 7.11. The van der Waals surface area contributed by atoms with Gasteiger partial charge in [-0.1, -0.05) is 39.5 Å². The van der Waals surface area contributed by atoms with Crippen LogP contribution in [0.25, 0.3) is 0 Å². The minimum atomic E-state index is 0. The molecule has 0 unspecified atom stereocenters. The van der Waals surface area contributed by atoms with Gasteiger partial charge in [0.05, 0.1) is 0 Å². The maximum absolute atomic E-state index is 5.81. The Morgan fingerprint density at radius 1 is 1.24 bits per heavy atom. The van der Waals surface area contributed by atoms with Crippen molar-refractivity contribution in [1.29, 1.82) is 0 Å². The molecule has 3 nitrogen and oxygen atoms in total. The van der Waals surface area contributed by atoms with Gasteiger partial charge in [0.25, 0.3) is 0 Å². The zero-order valence-electron chi connectivity index (χ0n) is 11.3. The molecule has 1 saturated carbocycles. The highest BCUT2D eigenvalue weighted by molar-refractivity contribution is 14.0. The molecule has 17 heavy (non-hydrogen) atoms. The van der Waals surface area contributed by atoms with Gasteiger partial charge in [-0.3, -0.25) is 4.99 Å². The standard InChI is InChI=1S/C13H27N3.HI/c1-3-10-15-12(14)16-11-13(2)8-6-4-5-7-9-13;/h3-11H2,1-2H3,(H3,14,15,16);1H. The third-order valence-corrected chi connectivity index (χ3v) is 3.50. The summed E-state index contributed by atoms with van der Waals surface area (Å²) in [5.41, 5.74) is 6.20.